The molecule has 112 valence electrons. The quantitative estimate of drug-likeness (QED) is 0.786. The van der Waals surface area contributed by atoms with Gasteiger partial charge >= 0.3 is 0 Å². The van der Waals surface area contributed by atoms with Gasteiger partial charge in [-0.15, -0.1) is 0 Å². The highest BCUT2D eigenvalue weighted by molar-refractivity contribution is 8.13. The van der Waals surface area contributed by atoms with Crippen LogP contribution in [-0.2, 0) is 15.6 Å². The van der Waals surface area contributed by atoms with E-state index < -0.39 is 19.8 Å². The highest BCUT2D eigenvalue weighted by atomic mass is 35.7. The zero-order valence-corrected chi connectivity index (χ0v) is 12.3. The third kappa shape index (κ3) is 4.05. The van der Waals surface area contributed by atoms with Crippen molar-refractivity contribution in [1.82, 2.24) is 4.57 Å². The first kappa shape index (κ1) is 15.5. The normalized spacial score (nSPS) is 11.3. The van der Waals surface area contributed by atoms with Crippen LogP contribution in [0.15, 0.2) is 52.3 Å². The minimum absolute atomic E-state index is 0.0367. The molecule has 0 atom stereocenters. The van der Waals surface area contributed by atoms with Crippen molar-refractivity contribution in [3.63, 3.8) is 0 Å². The van der Waals surface area contributed by atoms with Crippen LogP contribution >= 0.6 is 10.7 Å². The third-order valence-electron chi connectivity index (χ3n) is 2.66. The molecule has 0 N–H and O–H groups in total. The number of aromatic nitrogens is 1. The van der Waals surface area contributed by atoms with Gasteiger partial charge in [0.15, 0.2) is 0 Å². The maximum absolute atomic E-state index is 13.1. The molecule has 0 aliphatic rings. The Morgan fingerprint density at radius 1 is 1.24 bits per heavy atom. The molecule has 0 fully saturated rings. The molecular formula is C13H11ClFNO4S. The topological polar surface area (TPSA) is 65.4 Å². The second-order valence-corrected chi connectivity index (χ2v) is 6.64. The Kier molecular flexibility index (Phi) is 4.64. The van der Waals surface area contributed by atoms with Gasteiger partial charge in [0.05, 0.1) is 6.54 Å². The van der Waals surface area contributed by atoms with Crippen molar-refractivity contribution in [1.29, 1.82) is 0 Å². The van der Waals surface area contributed by atoms with Gasteiger partial charge in [0.25, 0.3) is 14.6 Å². The highest BCUT2D eigenvalue weighted by Crippen LogP contribution is 2.27. The van der Waals surface area contributed by atoms with Gasteiger partial charge in [-0.05, 0) is 24.3 Å². The van der Waals surface area contributed by atoms with E-state index in [9.17, 15) is 17.6 Å². The largest absolute Gasteiger partial charge is 0.490 e. The predicted octanol–water partition coefficient (Wildman–Crippen LogP) is 1.99. The maximum Gasteiger partial charge on any atom is 0.265 e. The van der Waals surface area contributed by atoms with Crippen LogP contribution < -0.4 is 10.3 Å². The van der Waals surface area contributed by atoms with E-state index in [0.29, 0.717) is 0 Å². The smallest absolute Gasteiger partial charge is 0.265 e. The molecule has 0 bridgehead atoms. The first-order valence-electron chi connectivity index (χ1n) is 5.90. The van der Waals surface area contributed by atoms with Gasteiger partial charge in [0.2, 0.25) is 0 Å². The van der Waals surface area contributed by atoms with Gasteiger partial charge in [0.1, 0.15) is 23.1 Å². The van der Waals surface area contributed by atoms with Crippen molar-refractivity contribution < 1.29 is 17.5 Å². The van der Waals surface area contributed by atoms with Crippen molar-refractivity contribution in [2.75, 3.05) is 6.61 Å². The lowest BCUT2D eigenvalue weighted by Gasteiger charge is -2.10. The number of nitrogens with zero attached hydrogens (tertiary/aromatic N) is 1. The van der Waals surface area contributed by atoms with Crippen LogP contribution in [-0.4, -0.2) is 19.6 Å². The summed E-state index contributed by atoms with van der Waals surface area (Å²) in [5.41, 5.74) is -0.203. The molecular weight excluding hydrogens is 321 g/mol. The Balaban J connectivity index is 2.14. The van der Waals surface area contributed by atoms with E-state index in [0.717, 1.165) is 12.1 Å². The van der Waals surface area contributed by atoms with Crippen molar-refractivity contribution in [3.8, 4) is 5.75 Å². The minimum atomic E-state index is -4.12. The summed E-state index contributed by atoms with van der Waals surface area (Å²) in [6, 6.07) is 7.72. The molecule has 0 spiro atoms. The molecule has 0 amide bonds. The predicted molar refractivity (Wildman–Crippen MR) is 75.6 cm³/mol. The number of hydrogen-bond donors (Lipinski definition) is 0. The fourth-order valence-electron chi connectivity index (χ4n) is 1.69. The van der Waals surface area contributed by atoms with Gasteiger partial charge in [-0.25, -0.2) is 12.8 Å². The van der Waals surface area contributed by atoms with E-state index in [1.165, 1.54) is 16.7 Å². The van der Waals surface area contributed by atoms with Gasteiger partial charge in [0, 0.05) is 22.9 Å². The van der Waals surface area contributed by atoms with E-state index in [-0.39, 0.29) is 24.5 Å². The van der Waals surface area contributed by atoms with E-state index in [1.54, 1.807) is 18.3 Å². The average molecular weight is 332 g/mol. The second-order valence-electron chi connectivity index (χ2n) is 4.11. The lowest BCUT2D eigenvalue weighted by Crippen LogP contribution is -2.21. The molecule has 0 saturated carbocycles. The molecule has 2 rings (SSSR count). The Labute approximate surface area is 125 Å². The SMILES string of the molecule is O=c1ccccn1CCOc1ccc(F)cc1S(=O)(=O)Cl. The number of ether oxygens (including phenoxy) is 1. The zero-order valence-electron chi connectivity index (χ0n) is 10.7. The molecule has 5 nitrogen and oxygen atoms in total. The highest BCUT2D eigenvalue weighted by Gasteiger charge is 2.18. The Bertz CT molecular complexity index is 804. The number of hydrogen-bond acceptors (Lipinski definition) is 4. The van der Waals surface area contributed by atoms with E-state index in [2.05, 4.69) is 0 Å². The first-order valence-corrected chi connectivity index (χ1v) is 8.21. The molecule has 1 heterocycles. The van der Waals surface area contributed by atoms with E-state index in [4.69, 9.17) is 15.4 Å². The average Bonchev–Trinajstić information content (AvgIpc) is 2.41. The number of pyridine rings is 1. The number of rotatable bonds is 5. The first-order chi connectivity index (χ1) is 9.88. The molecule has 0 unspecified atom stereocenters. The van der Waals surface area contributed by atoms with Crippen molar-refractivity contribution in [3.05, 3.63) is 58.8 Å². The van der Waals surface area contributed by atoms with Gasteiger partial charge in [-0.1, -0.05) is 6.07 Å². The lowest BCUT2D eigenvalue weighted by molar-refractivity contribution is 0.289. The maximum atomic E-state index is 13.1. The molecule has 21 heavy (non-hydrogen) atoms. The summed E-state index contributed by atoms with van der Waals surface area (Å²) in [5, 5.41) is 0. The van der Waals surface area contributed by atoms with Crippen molar-refractivity contribution in [2.24, 2.45) is 0 Å². The summed E-state index contributed by atoms with van der Waals surface area (Å²) in [4.78, 5) is 11.0. The van der Waals surface area contributed by atoms with Crippen LogP contribution in [0.3, 0.4) is 0 Å². The fraction of sp³-hybridized carbons (Fsp3) is 0.154. The standard InChI is InChI=1S/C13H11ClFNO4S/c14-21(18,19)12-9-10(15)4-5-11(12)20-8-7-16-6-2-1-3-13(16)17/h1-6,9H,7-8H2. The van der Waals surface area contributed by atoms with Crippen LogP contribution in [0.2, 0.25) is 0 Å². The zero-order chi connectivity index (χ0) is 15.5. The van der Waals surface area contributed by atoms with Crippen molar-refractivity contribution >= 4 is 19.7 Å². The number of halogens is 2. The van der Waals surface area contributed by atoms with Crippen LogP contribution in [0.25, 0.3) is 0 Å². The van der Waals surface area contributed by atoms with E-state index in [1.807, 2.05) is 0 Å². The second kappa shape index (κ2) is 6.28. The molecule has 1 aromatic carbocycles. The molecule has 1 aromatic heterocycles. The molecule has 0 aliphatic carbocycles. The summed E-state index contributed by atoms with van der Waals surface area (Å²) in [5.74, 6) is -0.795. The lowest BCUT2D eigenvalue weighted by atomic mass is 10.3. The number of benzene rings is 1. The van der Waals surface area contributed by atoms with Crippen LogP contribution in [0.4, 0.5) is 4.39 Å². The van der Waals surface area contributed by atoms with E-state index >= 15 is 0 Å². The Morgan fingerprint density at radius 3 is 2.67 bits per heavy atom. The Morgan fingerprint density at radius 2 is 2.00 bits per heavy atom. The molecule has 0 radical (unpaired) electrons. The van der Waals surface area contributed by atoms with Crippen LogP contribution in [0.5, 0.6) is 5.75 Å². The minimum Gasteiger partial charge on any atom is -0.490 e. The molecule has 2 aromatic rings. The van der Waals surface area contributed by atoms with Gasteiger partial charge in [-0.2, -0.15) is 0 Å². The third-order valence-corrected chi connectivity index (χ3v) is 4.00. The Hall–Kier alpha value is -1.86. The summed E-state index contributed by atoms with van der Waals surface area (Å²) < 4.78 is 42.5. The van der Waals surface area contributed by atoms with Crippen LogP contribution in [0.1, 0.15) is 0 Å². The fourth-order valence-corrected chi connectivity index (χ4v) is 2.67. The van der Waals surface area contributed by atoms with Gasteiger partial charge in [-0.3, -0.25) is 4.79 Å². The van der Waals surface area contributed by atoms with Gasteiger partial charge < -0.3 is 9.30 Å². The summed E-state index contributed by atoms with van der Waals surface area (Å²) in [7, 11) is 1.11. The van der Waals surface area contributed by atoms with Crippen LogP contribution in [0, 0.1) is 5.82 Å². The molecule has 8 heteroatoms. The summed E-state index contributed by atoms with van der Waals surface area (Å²) in [6.07, 6.45) is 1.58. The van der Waals surface area contributed by atoms with Crippen molar-refractivity contribution in [2.45, 2.75) is 11.4 Å². The summed E-state index contributed by atoms with van der Waals surface area (Å²) in [6.45, 7) is 0.258. The monoisotopic (exact) mass is 331 g/mol. The molecule has 0 saturated heterocycles. The summed E-state index contributed by atoms with van der Waals surface area (Å²) >= 11 is 0. The molecule has 0 aliphatic heterocycles.